The van der Waals surface area contributed by atoms with Crippen LogP contribution < -0.4 is 5.32 Å². The smallest absolute Gasteiger partial charge is 0.224 e. The lowest BCUT2D eigenvalue weighted by molar-refractivity contribution is -0.135. The molecule has 5 nitrogen and oxygen atoms in total. The average Bonchev–Trinajstić information content (AvgIpc) is 2.93. The monoisotopic (exact) mass is 357 g/mol. The first-order valence-electron chi connectivity index (χ1n) is 9.92. The summed E-state index contributed by atoms with van der Waals surface area (Å²) in [6, 6.07) is 11.0. The summed E-state index contributed by atoms with van der Waals surface area (Å²) < 4.78 is 0. The lowest BCUT2D eigenvalue weighted by atomic mass is 9.94. The minimum atomic E-state index is -0.0696. The van der Waals surface area contributed by atoms with Crippen LogP contribution in [-0.4, -0.2) is 60.4 Å². The molecule has 1 aromatic carbocycles. The molecule has 0 aromatic heterocycles. The Balaban J connectivity index is 1.48. The summed E-state index contributed by atoms with van der Waals surface area (Å²) in [7, 11) is 0. The van der Waals surface area contributed by atoms with E-state index in [0.717, 1.165) is 39.0 Å². The standard InChI is InChI=1S/C21H31N3O2/c1-17(25)22-12-11-21(26)24-15-19-9-10-20(24)16-23(14-19)13-5-8-18-6-3-2-4-7-18/h2-4,6-7,19-20H,5,8-16H2,1H3,(H,22,25)/t19-,20+/m0/s1. The Kier molecular flexibility index (Phi) is 6.67. The first-order valence-corrected chi connectivity index (χ1v) is 9.92. The molecule has 26 heavy (non-hydrogen) atoms. The van der Waals surface area contributed by atoms with E-state index in [1.54, 1.807) is 0 Å². The number of benzene rings is 1. The lowest BCUT2D eigenvalue weighted by Crippen LogP contribution is -2.48. The molecule has 0 radical (unpaired) electrons. The number of rotatable bonds is 7. The van der Waals surface area contributed by atoms with E-state index in [0.29, 0.717) is 24.9 Å². The molecule has 2 atom stereocenters. The molecule has 142 valence electrons. The van der Waals surface area contributed by atoms with Crippen molar-refractivity contribution in [1.82, 2.24) is 15.1 Å². The molecule has 0 aliphatic carbocycles. The molecule has 1 N–H and O–H groups in total. The zero-order valence-corrected chi connectivity index (χ0v) is 15.8. The van der Waals surface area contributed by atoms with Gasteiger partial charge >= 0.3 is 0 Å². The molecule has 3 aliphatic heterocycles. The first-order chi connectivity index (χ1) is 12.6. The molecule has 0 spiro atoms. The summed E-state index contributed by atoms with van der Waals surface area (Å²) in [5, 5.41) is 2.73. The highest BCUT2D eigenvalue weighted by atomic mass is 16.2. The van der Waals surface area contributed by atoms with Gasteiger partial charge in [0.1, 0.15) is 0 Å². The lowest BCUT2D eigenvalue weighted by Gasteiger charge is -2.36. The normalized spacial score (nSPS) is 22.9. The van der Waals surface area contributed by atoms with Gasteiger partial charge in [0.15, 0.2) is 0 Å². The third kappa shape index (κ3) is 5.31. The molecule has 2 amide bonds. The molecule has 5 heteroatoms. The number of carbonyl (C=O) groups excluding carboxylic acids is 2. The number of fused-ring (bicyclic) bond motifs is 4. The Morgan fingerprint density at radius 1 is 1.12 bits per heavy atom. The zero-order chi connectivity index (χ0) is 18.4. The van der Waals surface area contributed by atoms with E-state index in [-0.39, 0.29) is 11.8 Å². The van der Waals surface area contributed by atoms with Crippen LogP contribution in [0.1, 0.15) is 38.2 Å². The van der Waals surface area contributed by atoms with Gasteiger partial charge in [-0.3, -0.25) is 9.59 Å². The van der Waals surface area contributed by atoms with E-state index in [4.69, 9.17) is 0 Å². The fraction of sp³-hybridized carbons (Fsp3) is 0.619. The third-order valence-corrected chi connectivity index (χ3v) is 5.60. The molecule has 1 aromatic rings. The summed E-state index contributed by atoms with van der Waals surface area (Å²) in [6.07, 6.45) is 5.05. The van der Waals surface area contributed by atoms with Crippen molar-refractivity contribution in [2.24, 2.45) is 5.92 Å². The van der Waals surface area contributed by atoms with Crippen molar-refractivity contribution in [2.75, 3.05) is 32.7 Å². The Hall–Kier alpha value is -1.88. The Morgan fingerprint density at radius 2 is 1.92 bits per heavy atom. The van der Waals surface area contributed by atoms with Crippen molar-refractivity contribution < 1.29 is 9.59 Å². The minimum Gasteiger partial charge on any atom is -0.356 e. The molecular formula is C21H31N3O2. The quantitative estimate of drug-likeness (QED) is 0.813. The number of hydrogen-bond acceptors (Lipinski definition) is 3. The van der Waals surface area contributed by atoms with Crippen LogP contribution in [0, 0.1) is 5.92 Å². The molecule has 0 unspecified atom stereocenters. The fourth-order valence-electron chi connectivity index (χ4n) is 4.31. The van der Waals surface area contributed by atoms with Crippen LogP contribution >= 0.6 is 0 Å². The molecule has 0 saturated carbocycles. The van der Waals surface area contributed by atoms with E-state index < -0.39 is 0 Å². The molecule has 3 heterocycles. The zero-order valence-electron chi connectivity index (χ0n) is 15.8. The van der Waals surface area contributed by atoms with Gasteiger partial charge in [-0.2, -0.15) is 0 Å². The van der Waals surface area contributed by atoms with Crippen LogP contribution in [0.25, 0.3) is 0 Å². The van der Waals surface area contributed by atoms with Crippen molar-refractivity contribution in [2.45, 2.75) is 45.1 Å². The van der Waals surface area contributed by atoms with Gasteiger partial charge in [0, 0.05) is 45.6 Å². The van der Waals surface area contributed by atoms with Gasteiger partial charge in [-0.1, -0.05) is 30.3 Å². The number of amides is 2. The second-order valence-corrected chi connectivity index (χ2v) is 7.72. The summed E-state index contributed by atoms with van der Waals surface area (Å²) in [5.41, 5.74) is 1.40. The van der Waals surface area contributed by atoms with Gasteiger partial charge in [-0.05, 0) is 43.7 Å². The van der Waals surface area contributed by atoms with Crippen LogP contribution in [0.4, 0.5) is 0 Å². The summed E-state index contributed by atoms with van der Waals surface area (Å²) in [6.45, 7) is 6.04. The Labute approximate surface area is 156 Å². The Bertz CT molecular complexity index is 605. The molecule has 2 bridgehead atoms. The van der Waals surface area contributed by atoms with Gasteiger partial charge in [0.25, 0.3) is 0 Å². The van der Waals surface area contributed by atoms with Crippen molar-refractivity contribution in [3.8, 4) is 0 Å². The number of carbonyl (C=O) groups is 2. The van der Waals surface area contributed by atoms with Crippen molar-refractivity contribution in [1.29, 1.82) is 0 Å². The molecule has 3 aliphatic rings. The van der Waals surface area contributed by atoms with Gasteiger partial charge in [-0.15, -0.1) is 0 Å². The first kappa shape index (κ1) is 18.9. The number of nitrogens with zero attached hydrogens (tertiary/aromatic N) is 2. The van der Waals surface area contributed by atoms with Crippen LogP contribution in [-0.2, 0) is 16.0 Å². The van der Waals surface area contributed by atoms with Crippen molar-refractivity contribution >= 4 is 11.8 Å². The van der Waals surface area contributed by atoms with Crippen LogP contribution in [0.2, 0.25) is 0 Å². The van der Waals surface area contributed by atoms with E-state index in [1.807, 2.05) is 0 Å². The topological polar surface area (TPSA) is 52.7 Å². The maximum atomic E-state index is 12.6. The van der Waals surface area contributed by atoms with E-state index in [2.05, 4.69) is 45.4 Å². The van der Waals surface area contributed by atoms with Gasteiger partial charge in [0.05, 0.1) is 0 Å². The maximum Gasteiger partial charge on any atom is 0.224 e. The summed E-state index contributed by atoms with van der Waals surface area (Å²) in [4.78, 5) is 28.2. The number of hydrogen-bond donors (Lipinski definition) is 1. The average molecular weight is 357 g/mol. The second kappa shape index (κ2) is 9.17. The van der Waals surface area contributed by atoms with Crippen LogP contribution in [0.15, 0.2) is 30.3 Å². The predicted molar refractivity (Wildman–Crippen MR) is 103 cm³/mol. The number of aryl methyl sites for hydroxylation is 1. The van der Waals surface area contributed by atoms with E-state index in [9.17, 15) is 9.59 Å². The largest absolute Gasteiger partial charge is 0.356 e. The van der Waals surface area contributed by atoms with Crippen molar-refractivity contribution in [3.05, 3.63) is 35.9 Å². The summed E-state index contributed by atoms with van der Waals surface area (Å²) in [5.74, 6) is 0.717. The molecular weight excluding hydrogens is 326 g/mol. The highest BCUT2D eigenvalue weighted by Gasteiger charge is 2.36. The molecule has 3 fully saturated rings. The third-order valence-electron chi connectivity index (χ3n) is 5.60. The van der Waals surface area contributed by atoms with Crippen molar-refractivity contribution in [3.63, 3.8) is 0 Å². The summed E-state index contributed by atoms with van der Waals surface area (Å²) >= 11 is 0. The van der Waals surface area contributed by atoms with Gasteiger partial charge < -0.3 is 15.1 Å². The highest BCUT2D eigenvalue weighted by Crippen LogP contribution is 2.28. The highest BCUT2D eigenvalue weighted by molar-refractivity contribution is 5.78. The molecule has 3 saturated heterocycles. The number of piperidine rings is 1. The molecule has 4 rings (SSSR count). The van der Waals surface area contributed by atoms with Crippen LogP contribution in [0.5, 0.6) is 0 Å². The van der Waals surface area contributed by atoms with E-state index in [1.165, 1.54) is 25.3 Å². The van der Waals surface area contributed by atoms with Crippen LogP contribution in [0.3, 0.4) is 0 Å². The minimum absolute atomic E-state index is 0.0696. The van der Waals surface area contributed by atoms with E-state index >= 15 is 0 Å². The Morgan fingerprint density at radius 3 is 2.69 bits per heavy atom. The maximum absolute atomic E-state index is 12.6. The SMILES string of the molecule is CC(=O)NCCC(=O)N1C[C@H]2CC[C@@H]1CN(CCCc1ccccc1)C2. The van der Waals surface area contributed by atoms with Gasteiger partial charge in [-0.25, -0.2) is 0 Å². The number of nitrogens with one attached hydrogen (secondary N) is 1. The van der Waals surface area contributed by atoms with Gasteiger partial charge in [0.2, 0.25) is 11.8 Å². The fourth-order valence-corrected chi connectivity index (χ4v) is 4.31. The second-order valence-electron chi connectivity index (χ2n) is 7.72. The predicted octanol–water partition coefficient (Wildman–Crippen LogP) is 2.07.